The Morgan fingerprint density at radius 2 is 2.20 bits per heavy atom. The standard InChI is InChI=1S/C12H18N2O/c13-15-10-4-9-14-8-3-6-11-5-1-2-7-12(11)14/h1-2,5,7H,3-4,6,8-10,13H2. The fourth-order valence-electron chi connectivity index (χ4n) is 2.18. The summed E-state index contributed by atoms with van der Waals surface area (Å²) in [5.41, 5.74) is 2.86. The van der Waals surface area contributed by atoms with Gasteiger partial charge in [-0.3, -0.25) is 0 Å². The molecule has 0 fully saturated rings. The summed E-state index contributed by atoms with van der Waals surface area (Å²) >= 11 is 0. The molecule has 1 aromatic rings. The molecule has 0 saturated heterocycles. The highest BCUT2D eigenvalue weighted by molar-refractivity contribution is 5.55. The lowest BCUT2D eigenvalue weighted by atomic mass is 10.0. The maximum Gasteiger partial charge on any atom is 0.0696 e. The molecule has 15 heavy (non-hydrogen) atoms. The number of anilines is 1. The minimum Gasteiger partial charge on any atom is -0.371 e. The molecule has 1 aliphatic rings. The Labute approximate surface area is 90.8 Å². The summed E-state index contributed by atoms with van der Waals surface area (Å²) in [4.78, 5) is 7.02. The fraction of sp³-hybridized carbons (Fsp3) is 0.500. The van der Waals surface area contributed by atoms with Crippen LogP contribution in [-0.4, -0.2) is 19.7 Å². The molecule has 0 spiro atoms. The Morgan fingerprint density at radius 1 is 1.33 bits per heavy atom. The molecule has 3 nitrogen and oxygen atoms in total. The maximum absolute atomic E-state index is 5.02. The largest absolute Gasteiger partial charge is 0.371 e. The van der Waals surface area contributed by atoms with Crippen molar-refractivity contribution in [3.8, 4) is 0 Å². The van der Waals surface area contributed by atoms with Gasteiger partial charge in [0.25, 0.3) is 0 Å². The predicted octanol–water partition coefficient (Wildman–Crippen LogP) is 1.72. The van der Waals surface area contributed by atoms with E-state index in [1.54, 1.807) is 0 Å². The van der Waals surface area contributed by atoms with Gasteiger partial charge in [-0.25, -0.2) is 5.90 Å². The summed E-state index contributed by atoms with van der Waals surface area (Å²) in [6, 6.07) is 8.65. The van der Waals surface area contributed by atoms with Crippen LogP contribution in [0.15, 0.2) is 24.3 Å². The molecular formula is C12H18N2O. The minimum absolute atomic E-state index is 0.638. The van der Waals surface area contributed by atoms with E-state index in [2.05, 4.69) is 34.0 Å². The van der Waals surface area contributed by atoms with Gasteiger partial charge in [0.15, 0.2) is 0 Å². The smallest absolute Gasteiger partial charge is 0.0696 e. The summed E-state index contributed by atoms with van der Waals surface area (Å²) < 4.78 is 0. The molecule has 0 radical (unpaired) electrons. The summed E-state index contributed by atoms with van der Waals surface area (Å²) in [7, 11) is 0. The van der Waals surface area contributed by atoms with E-state index in [9.17, 15) is 0 Å². The molecule has 82 valence electrons. The molecule has 0 bridgehead atoms. The van der Waals surface area contributed by atoms with Crippen LogP contribution in [0.4, 0.5) is 5.69 Å². The van der Waals surface area contributed by atoms with Gasteiger partial charge in [0.2, 0.25) is 0 Å². The van der Waals surface area contributed by atoms with Crippen molar-refractivity contribution in [3.05, 3.63) is 29.8 Å². The van der Waals surface area contributed by atoms with Gasteiger partial charge in [-0.15, -0.1) is 0 Å². The molecule has 2 N–H and O–H groups in total. The van der Waals surface area contributed by atoms with Gasteiger partial charge >= 0.3 is 0 Å². The SMILES string of the molecule is NOCCCN1CCCc2ccccc21. The number of hydrogen-bond acceptors (Lipinski definition) is 3. The molecule has 1 heterocycles. The third-order valence-electron chi connectivity index (χ3n) is 2.90. The van der Waals surface area contributed by atoms with Crippen LogP contribution in [0.2, 0.25) is 0 Å². The average molecular weight is 206 g/mol. The van der Waals surface area contributed by atoms with Crippen LogP contribution in [-0.2, 0) is 11.3 Å². The Kier molecular flexibility index (Phi) is 3.59. The van der Waals surface area contributed by atoms with Crippen LogP contribution in [0.1, 0.15) is 18.4 Å². The highest BCUT2D eigenvalue weighted by Crippen LogP contribution is 2.26. The predicted molar refractivity (Wildman–Crippen MR) is 61.7 cm³/mol. The van der Waals surface area contributed by atoms with Gasteiger partial charge in [0.05, 0.1) is 6.61 Å². The number of nitrogens with zero attached hydrogens (tertiary/aromatic N) is 1. The molecule has 0 saturated carbocycles. The Bertz CT molecular complexity index is 314. The Balaban J connectivity index is 2.02. The van der Waals surface area contributed by atoms with Crippen molar-refractivity contribution >= 4 is 5.69 Å². The molecule has 1 aliphatic heterocycles. The summed E-state index contributed by atoms with van der Waals surface area (Å²) in [5.74, 6) is 5.02. The van der Waals surface area contributed by atoms with E-state index in [-0.39, 0.29) is 0 Å². The van der Waals surface area contributed by atoms with Crippen molar-refractivity contribution in [2.24, 2.45) is 5.90 Å². The van der Waals surface area contributed by atoms with Crippen LogP contribution in [0, 0.1) is 0 Å². The number of rotatable bonds is 4. The van der Waals surface area contributed by atoms with Crippen molar-refractivity contribution in [2.45, 2.75) is 19.3 Å². The van der Waals surface area contributed by atoms with Gasteiger partial charge in [-0.2, -0.15) is 0 Å². The summed E-state index contributed by atoms with van der Waals surface area (Å²) in [6.45, 7) is 2.83. The summed E-state index contributed by atoms with van der Waals surface area (Å²) in [5, 5.41) is 0. The van der Waals surface area contributed by atoms with Gasteiger partial charge in [-0.1, -0.05) is 18.2 Å². The third-order valence-corrected chi connectivity index (χ3v) is 2.90. The zero-order chi connectivity index (χ0) is 10.5. The molecule has 0 atom stereocenters. The highest BCUT2D eigenvalue weighted by atomic mass is 16.6. The lowest BCUT2D eigenvalue weighted by Crippen LogP contribution is -2.31. The lowest BCUT2D eigenvalue weighted by molar-refractivity contribution is 0.136. The van der Waals surface area contributed by atoms with Crippen LogP contribution in [0.3, 0.4) is 0 Å². The van der Waals surface area contributed by atoms with E-state index in [0.717, 1.165) is 19.5 Å². The first-order valence-corrected chi connectivity index (χ1v) is 5.56. The zero-order valence-electron chi connectivity index (χ0n) is 8.98. The number of para-hydroxylation sites is 1. The van der Waals surface area contributed by atoms with E-state index in [1.165, 1.54) is 24.1 Å². The molecule has 2 rings (SSSR count). The number of benzene rings is 1. The van der Waals surface area contributed by atoms with E-state index >= 15 is 0 Å². The van der Waals surface area contributed by atoms with Gasteiger partial charge in [0.1, 0.15) is 0 Å². The van der Waals surface area contributed by atoms with E-state index in [1.807, 2.05) is 0 Å². The fourth-order valence-corrected chi connectivity index (χ4v) is 2.18. The van der Waals surface area contributed by atoms with Crippen LogP contribution >= 0.6 is 0 Å². The summed E-state index contributed by atoms with van der Waals surface area (Å²) in [6.07, 6.45) is 3.45. The quantitative estimate of drug-likeness (QED) is 0.602. The van der Waals surface area contributed by atoms with E-state index in [0.29, 0.717) is 6.61 Å². The molecule has 0 unspecified atom stereocenters. The number of nitrogens with two attached hydrogens (primary N) is 1. The van der Waals surface area contributed by atoms with Crippen molar-refractivity contribution in [3.63, 3.8) is 0 Å². The molecule has 1 aromatic carbocycles. The topological polar surface area (TPSA) is 38.5 Å². The second kappa shape index (κ2) is 5.14. The second-order valence-electron chi connectivity index (χ2n) is 3.94. The number of aryl methyl sites for hydroxylation is 1. The third kappa shape index (κ3) is 2.49. The van der Waals surface area contributed by atoms with Crippen LogP contribution in [0.25, 0.3) is 0 Å². The minimum atomic E-state index is 0.638. The first kappa shape index (κ1) is 10.5. The normalized spacial score (nSPS) is 15.1. The molecular weight excluding hydrogens is 188 g/mol. The van der Waals surface area contributed by atoms with Crippen molar-refractivity contribution in [1.82, 2.24) is 0 Å². The first-order valence-electron chi connectivity index (χ1n) is 5.56. The van der Waals surface area contributed by atoms with Gasteiger partial charge < -0.3 is 9.74 Å². The van der Waals surface area contributed by atoms with Crippen molar-refractivity contribution < 1.29 is 4.84 Å². The number of hydrogen-bond donors (Lipinski definition) is 1. The van der Waals surface area contributed by atoms with Crippen molar-refractivity contribution in [2.75, 3.05) is 24.6 Å². The Morgan fingerprint density at radius 3 is 3.07 bits per heavy atom. The van der Waals surface area contributed by atoms with Crippen LogP contribution in [0.5, 0.6) is 0 Å². The van der Waals surface area contributed by atoms with E-state index < -0.39 is 0 Å². The Hall–Kier alpha value is -1.06. The highest BCUT2D eigenvalue weighted by Gasteiger charge is 2.14. The second-order valence-corrected chi connectivity index (χ2v) is 3.94. The van der Waals surface area contributed by atoms with Crippen LogP contribution < -0.4 is 10.8 Å². The first-order chi connectivity index (χ1) is 7.42. The molecule has 0 aromatic heterocycles. The molecule has 0 amide bonds. The van der Waals surface area contributed by atoms with Gasteiger partial charge in [0, 0.05) is 18.8 Å². The average Bonchev–Trinajstić information content (AvgIpc) is 2.30. The lowest BCUT2D eigenvalue weighted by Gasteiger charge is -2.31. The van der Waals surface area contributed by atoms with Crippen molar-refractivity contribution in [1.29, 1.82) is 0 Å². The monoisotopic (exact) mass is 206 g/mol. The van der Waals surface area contributed by atoms with Gasteiger partial charge in [-0.05, 0) is 30.9 Å². The molecule has 3 heteroatoms. The number of fused-ring (bicyclic) bond motifs is 1. The zero-order valence-corrected chi connectivity index (χ0v) is 8.98. The van der Waals surface area contributed by atoms with E-state index in [4.69, 9.17) is 5.90 Å². The molecule has 0 aliphatic carbocycles. The maximum atomic E-state index is 5.02.